The number of hydrogen-bond donors (Lipinski definition) is 2. The Morgan fingerprint density at radius 1 is 1.00 bits per heavy atom. The zero-order valence-electron chi connectivity index (χ0n) is 16.9. The molecule has 0 aliphatic rings. The minimum Gasteiger partial charge on any atom is -0.387 e. The van der Waals surface area contributed by atoms with Gasteiger partial charge in [-0.1, -0.05) is 72.4 Å². The summed E-state index contributed by atoms with van der Waals surface area (Å²) in [5.41, 5.74) is 0.384. The number of aryl methyl sites for hydroxylation is 1. The van der Waals surface area contributed by atoms with Crippen molar-refractivity contribution in [3.63, 3.8) is 0 Å². The van der Waals surface area contributed by atoms with Crippen LogP contribution in [0.1, 0.15) is 22.0 Å². The van der Waals surface area contributed by atoms with Gasteiger partial charge in [0.2, 0.25) is 0 Å². The van der Waals surface area contributed by atoms with Crippen molar-refractivity contribution < 1.29 is 9.90 Å². The van der Waals surface area contributed by atoms with E-state index in [1.807, 2.05) is 12.1 Å². The highest BCUT2D eigenvalue weighted by Gasteiger charge is 2.31. The summed E-state index contributed by atoms with van der Waals surface area (Å²) in [6, 6.07) is 17.6. The molecule has 2 heterocycles. The first-order chi connectivity index (χ1) is 14.9. The summed E-state index contributed by atoms with van der Waals surface area (Å²) in [6.07, 6.45) is -1.11. The van der Waals surface area contributed by atoms with E-state index >= 15 is 0 Å². The molecule has 9 heteroatoms. The van der Waals surface area contributed by atoms with Gasteiger partial charge in [-0.25, -0.2) is 9.78 Å². The Bertz CT molecular complexity index is 1360. The molecule has 8 nitrogen and oxygen atoms in total. The summed E-state index contributed by atoms with van der Waals surface area (Å²) >= 11 is 1.02. The molecule has 2 N–H and O–H groups in total. The maximum Gasteiger partial charge on any atom is 0.332 e. The third-order valence-corrected chi connectivity index (χ3v) is 6.20. The highest BCUT2D eigenvalue weighted by atomic mass is 32.2. The second kappa shape index (κ2) is 8.37. The molecule has 0 saturated heterocycles. The predicted octanol–water partition coefficient (Wildman–Crippen LogP) is 2.04. The molecular weight excluding hydrogens is 416 g/mol. The van der Waals surface area contributed by atoms with Gasteiger partial charge in [0.25, 0.3) is 5.56 Å². The van der Waals surface area contributed by atoms with Gasteiger partial charge in [0, 0.05) is 19.7 Å². The molecule has 0 amide bonds. The van der Waals surface area contributed by atoms with Gasteiger partial charge in [-0.2, -0.15) is 0 Å². The van der Waals surface area contributed by atoms with E-state index in [-0.39, 0.29) is 22.1 Å². The maximum atomic E-state index is 13.3. The number of ketones is 1. The van der Waals surface area contributed by atoms with Crippen molar-refractivity contribution in [3.05, 3.63) is 92.6 Å². The number of thioether (sulfide) groups is 1. The molecular formula is C22H20N4O4S. The molecule has 31 heavy (non-hydrogen) atoms. The second-order valence-corrected chi connectivity index (χ2v) is 8.20. The molecule has 2 aromatic carbocycles. The fourth-order valence-electron chi connectivity index (χ4n) is 3.33. The molecule has 4 aromatic rings. The molecule has 2 atom stereocenters. The number of imidazole rings is 1. The van der Waals surface area contributed by atoms with Gasteiger partial charge in [0.05, 0.1) is 6.10 Å². The van der Waals surface area contributed by atoms with Gasteiger partial charge >= 0.3 is 5.69 Å². The van der Waals surface area contributed by atoms with E-state index in [2.05, 4.69) is 9.97 Å². The van der Waals surface area contributed by atoms with Gasteiger partial charge in [-0.3, -0.25) is 18.7 Å². The molecule has 158 valence electrons. The lowest BCUT2D eigenvalue weighted by Crippen LogP contribution is -2.36. The number of hydrogen-bond acceptors (Lipinski definition) is 6. The van der Waals surface area contributed by atoms with E-state index in [0.717, 1.165) is 16.3 Å². The molecule has 0 fully saturated rings. The quantitative estimate of drug-likeness (QED) is 0.354. The van der Waals surface area contributed by atoms with Crippen LogP contribution in [0.3, 0.4) is 0 Å². The number of Topliss-reactive ketones (excluding diaryl/α,β-unsaturated/α-hetero) is 1. The lowest BCUT2D eigenvalue weighted by atomic mass is 10.00. The van der Waals surface area contributed by atoms with Crippen LogP contribution in [-0.2, 0) is 14.1 Å². The highest BCUT2D eigenvalue weighted by molar-refractivity contribution is 8.00. The zero-order chi connectivity index (χ0) is 22.1. The van der Waals surface area contributed by atoms with E-state index in [1.54, 1.807) is 48.5 Å². The van der Waals surface area contributed by atoms with Gasteiger partial charge in [0.1, 0.15) is 5.25 Å². The van der Waals surface area contributed by atoms with Gasteiger partial charge in [-0.05, 0) is 5.56 Å². The number of aliphatic hydroxyl groups excluding tert-OH is 1. The largest absolute Gasteiger partial charge is 0.387 e. The summed E-state index contributed by atoms with van der Waals surface area (Å²) in [5.74, 6) is -0.274. The molecule has 0 aliphatic carbocycles. The molecule has 0 saturated carbocycles. The number of nitrogens with zero attached hydrogens (tertiary/aromatic N) is 3. The Morgan fingerprint density at radius 3 is 2.26 bits per heavy atom. The molecule has 0 spiro atoms. The Balaban J connectivity index is 1.78. The summed E-state index contributed by atoms with van der Waals surface area (Å²) in [7, 11) is 2.91. The molecule has 0 aliphatic heterocycles. The van der Waals surface area contributed by atoms with Crippen molar-refractivity contribution in [2.24, 2.45) is 14.1 Å². The number of carbonyl (C=O) groups is 1. The Labute approximate surface area is 181 Å². The van der Waals surface area contributed by atoms with Crippen LogP contribution in [0.2, 0.25) is 0 Å². The monoisotopic (exact) mass is 436 g/mol. The number of H-pyrrole nitrogens is 1. The number of fused-ring (bicyclic) bond motifs is 1. The fourth-order valence-corrected chi connectivity index (χ4v) is 4.40. The van der Waals surface area contributed by atoms with Crippen LogP contribution in [0.5, 0.6) is 0 Å². The number of nitrogens with one attached hydrogen (secondary N) is 1. The average Bonchev–Trinajstić information content (AvgIpc) is 3.24. The van der Waals surface area contributed by atoms with Crippen LogP contribution in [0.15, 0.2) is 75.4 Å². The Kier molecular flexibility index (Phi) is 5.62. The van der Waals surface area contributed by atoms with Crippen molar-refractivity contribution in [1.82, 2.24) is 19.1 Å². The topological polar surface area (TPSA) is 110 Å². The zero-order valence-corrected chi connectivity index (χ0v) is 17.7. The third kappa shape index (κ3) is 3.85. The third-order valence-electron chi connectivity index (χ3n) is 5.06. The standard InChI is InChI=1S/C22H20N4O4S/c1-25-19-15(20(29)26(2)22(25)30)23-21(24-19)31-18(16(27)13-9-5-3-6-10-13)17(28)14-11-7-4-8-12-14/h3-12,16,18,27H,1-2H3,(H,23,24)/t16-,18-/m0/s1. The first-order valence-corrected chi connectivity index (χ1v) is 10.4. The normalized spacial score (nSPS) is 13.3. The number of carbonyl (C=O) groups excluding carboxylic acids is 1. The van der Waals surface area contributed by atoms with Gasteiger partial charge < -0.3 is 10.1 Å². The van der Waals surface area contributed by atoms with Crippen LogP contribution in [0.4, 0.5) is 0 Å². The smallest absolute Gasteiger partial charge is 0.332 e. The second-order valence-electron chi connectivity index (χ2n) is 7.07. The van der Waals surface area contributed by atoms with Crippen molar-refractivity contribution in [2.75, 3.05) is 0 Å². The van der Waals surface area contributed by atoms with E-state index < -0.39 is 22.6 Å². The molecule has 4 rings (SSSR count). The first-order valence-electron chi connectivity index (χ1n) is 9.53. The average molecular weight is 436 g/mol. The van der Waals surface area contributed by atoms with Crippen molar-refractivity contribution in [2.45, 2.75) is 16.5 Å². The minimum absolute atomic E-state index is 0.159. The van der Waals surface area contributed by atoms with Crippen molar-refractivity contribution >= 4 is 28.7 Å². The van der Waals surface area contributed by atoms with Gasteiger partial charge in [-0.15, -0.1) is 0 Å². The molecule has 0 bridgehead atoms. The number of benzene rings is 2. The lowest BCUT2D eigenvalue weighted by molar-refractivity contribution is 0.0897. The van der Waals surface area contributed by atoms with Crippen LogP contribution in [0.25, 0.3) is 11.2 Å². The molecule has 2 aromatic heterocycles. The fraction of sp³-hybridized carbons (Fsp3) is 0.182. The summed E-state index contributed by atoms with van der Waals surface area (Å²) in [5, 5.41) is 10.4. The van der Waals surface area contributed by atoms with E-state index in [9.17, 15) is 19.5 Å². The van der Waals surface area contributed by atoms with Crippen LogP contribution in [0, 0.1) is 0 Å². The van der Waals surface area contributed by atoms with Gasteiger partial charge in [0.15, 0.2) is 22.1 Å². The summed E-state index contributed by atoms with van der Waals surface area (Å²) in [4.78, 5) is 45.2. The van der Waals surface area contributed by atoms with Crippen LogP contribution >= 0.6 is 11.8 Å². The predicted molar refractivity (Wildman–Crippen MR) is 118 cm³/mol. The Hall–Kier alpha value is -3.43. The molecule has 0 radical (unpaired) electrons. The van der Waals surface area contributed by atoms with Crippen LogP contribution < -0.4 is 11.2 Å². The highest BCUT2D eigenvalue weighted by Crippen LogP contribution is 2.33. The number of aromatic amines is 1. The van der Waals surface area contributed by atoms with E-state index in [0.29, 0.717) is 11.1 Å². The lowest BCUT2D eigenvalue weighted by Gasteiger charge is -2.21. The van der Waals surface area contributed by atoms with E-state index in [1.165, 1.54) is 18.7 Å². The summed E-state index contributed by atoms with van der Waals surface area (Å²) in [6.45, 7) is 0. The maximum absolute atomic E-state index is 13.3. The first kappa shape index (κ1) is 20.8. The number of aromatic nitrogens is 4. The SMILES string of the molecule is Cn1c(=O)c2[nH]c(S[C@H](C(=O)c3ccccc3)[C@@H](O)c3ccccc3)nc2n(C)c1=O. The minimum atomic E-state index is -1.11. The van der Waals surface area contributed by atoms with Crippen molar-refractivity contribution in [3.8, 4) is 0 Å². The number of rotatable bonds is 6. The summed E-state index contributed by atoms with van der Waals surface area (Å²) < 4.78 is 2.25. The van der Waals surface area contributed by atoms with E-state index in [4.69, 9.17) is 0 Å². The molecule has 0 unspecified atom stereocenters. The number of aliphatic hydroxyl groups is 1. The Morgan fingerprint density at radius 2 is 1.61 bits per heavy atom. The van der Waals surface area contributed by atoms with Crippen LogP contribution in [-0.4, -0.2) is 35.2 Å². The van der Waals surface area contributed by atoms with Crippen molar-refractivity contribution in [1.29, 1.82) is 0 Å².